The zero-order valence-corrected chi connectivity index (χ0v) is 15.3. The fourth-order valence-electron chi connectivity index (χ4n) is 3.94. The van der Waals surface area contributed by atoms with Crippen LogP contribution in [0.3, 0.4) is 0 Å². The molecule has 0 spiro atoms. The Kier molecular flexibility index (Phi) is 5.30. The second-order valence-electron chi connectivity index (χ2n) is 7.00. The van der Waals surface area contributed by atoms with Crippen LogP contribution in [0, 0.1) is 17.1 Å². The molecule has 5 nitrogen and oxygen atoms in total. The monoisotopic (exact) mass is 365 g/mol. The van der Waals surface area contributed by atoms with Crippen molar-refractivity contribution in [3.05, 3.63) is 29.6 Å². The lowest BCUT2D eigenvalue weighted by atomic mass is 9.91. The van der Waals surface area contributed by atoms with Crippen LogP contribution in [-0.2, 0) is 10.0 Å². The topological polar surface area (TPSA) is 64.4 Å². The molecular weight excluding hydrogens is 341 g/mol. The summed E-state index contributed by atoms with van der Waals surface area (Å²) in [5.74, 6) is -0.506. The highest BCUT2D eigenvalue weighted by Crippen LogP contribution is 2.33. The van der Waals surface area contributed by atoms with E-state index in [0.717, 1.165) is 32.1 Å². The van der Waals surface area contributed by atoms with Gasteiger partial charge in [-0.1, -0.05) is 12.5 Å². The maximum atomic E-state index is 13.9. The molecule has 1 heterocycles. The molecule has 1 saturated heterocycles. The van der Waals surface area contributed by atoms with Gasteiger partial charge in [0.05, 0.1) is 11.9 Å². The molecule has 1 atom stereocenters. The Hall–Kier alpha value is -1.65. The van der Waals surface area contributed by atoms with Gasteiger partial charge in [-0.05, 0) is 44.2 Å². The number of sulfonamides is 1. The predicted molar refractivity (Wildman–Crippen MR) is 95.3 cm³/mol. The third kappa shape index (κ3) is 3.80. The maximum absolute atomic E-state index is 13.9. The van der Waals surface area contributed by atoms with Gasteiger partial charge < -0.3 is 4.90 Å². The van der Waals surface area contributed by atoms with Gasteiger partial charge in [-0.3, -0.25) is 0 Å². The normalized spacial score (nSPS) is 22.3. The van der Waals surface area contributed by atoms with E-state index in [9.17, 15) is 18.1 Å². The highest BCUT2D eigenvalue weighted by molar-refractivity contribution is 7.88. The Balaban J connectivity index is 1.79. The second-order valence-corrected chi connectivity index (χ2v) is 8.88. The highest BCUT2D eigenvalue weighted by atomic mass is 32.2. The predicted octanol–water partition coefficient (Wildman–Crippen LogP) is 2.87. The molecule has 0 amide bonds. The van der Waals surface area contributed by atoms with Gasteiger partial charge in [0.15, 0.2) is 0 Å². The van der Waals surface area contributed by atoms with E-state index in [0.29, 0.717) is 25.2 Å². The number of benzene rings is 1. The number of rotatable bonds is 4. The van der Waals surface area contributed by atoms with E-state index in [2.05, 4.69) is 0 Å². The summed E-state index contributed by atoms with van der Waals surface area (Å²) in [6, 6.07) is 6.76. The number of nitrogens with zero attached hydrogens (tertiary/aromatic N) is 3. The maximum Gasteiger partial charge on any atom is 0.211 e. The summed E-state index contributed by atoms with van der Waals surface area (Å²) >= 11 is 0. The van der Waals surface area contributed by atoms with Crippen molar-refractivity contribution in [2.75, 3.05) is 24.2 Å². The molecule has 0 aromatic heterocycles. The van der Waals surface area contributed by atoms with E-state index in [1.165, 1.54) is 12.3 Å². The molecule has 1 aromatic rings. The molecule has 25 heavy (non-hydrogen) atoms. The summed E-state index contributed by atoms with van der Waals surface area (Å²) in [4.78, 5) is 2.02. The Morgan fingerprint density at radius 1 is 1.16 bits per heavy atom. The fourth-order valence-corrected chi connectivity index (χ4v) is 5.45. The minimum Gasteiger partial charge on any atom is -0.370 e. The third-order valence-electron chi connectivity index (χ3n) is 5.32. The molecule has 3 rings (SSSR count). The van der Waals surface area contributed by atoms with Crippen molar-refractivity contribution in [2.45, 2.75) is 50.6 Å². The van der Waals surface area contributed by atoms with Crippen LogP contribution >= 0.6 is 0 Å². The van der Waals surface area contributed by atoms with Crippen LogP contribution in [0.4, 0.5) is 10.1 Å². The van der Waals surface area contributed by atoms with Crippen LogP contribution in [0.1, 0.15) is 44.1 Å². The molecule has 1 aliphatic heterocycles. The molecule has 0 N–H and O–H groups in total. The average molecular weight is 365 g/mol. The quantitative estimate of drug-likeness (QED) is 0.823. The van der Waals surface area contributed by atoms with E-state index in [1.807, 2.05) is 11.0 Å². The molecule has 7 heteroatoms. The largest absolute Gasteiger partial charge is 0.370 e. The minimum absolute atomic E-state index is 0.00982. The summed E-state index contributed by atoms with van der Waals surface area (Å²) in [6.45, 7) is 1.33. The van der Waals surface area contributed by atoms with Gasteiger partial charge in [0.25, 0.3) is 0 Å². The number of hydrogen-bond donors (Lipinski definition) is 0. The van der Waals surface area contributed by atoms with Crippen molar-refractivity contribution in [3.8, 4) is 6.07 Å². The fraction of sp³-hybridized carbons (Fsp3) is 0.611. The van der Waals surface area contributed by atoms with Crippen molar-refractivity contribution in [3.63, 3.8) is 0 Å². The molecular formula is C18H24FN3O2S. The van der Waals surface area contributed by atoms with Crippen molar-refractivity contribution in [2.24, 2.45) is 0 Å². The van der Waals surface area contributed by atoms with Gasteiger partial charge in [0.1, 0.15) is 17.4 Å². The zero-order chi connectivity index (χ0) is 18.0. The first kappa shape index (κ1) is 18.2. The van der Waals surface area contributed by atoms with Crippen LogP contribution in [0.5, 0.6) is 0 Å². The number of hydrogen-bond acceptors (Lipinski definition) is 4. The zero-order valence-electron chi connectivity index (χ0n) is 14.5. The number of anilines is 1. The van der Waals surface area contributed by atoms with E-state index < -0.39 is 15.8 Å². The first-order valence-corrected chi connectivity index (χ1v) is 10.7. The van der Waals surface area contributed by atoms with E-state index in [-0.39, 0.29) is 17.6 Å². The van der Waals surface area contributed by atoms with Crippen molar-refractivity contribution >= 4 is 15.7 Å². The lowest BCUT2D eigenvalue weighted by Crippen LogP contribution is -2.49. The van der Waals surface area contributed by atoms with Crippen molar-refractivity contribution in [1.82, 2.24) is 4.31 Å². The summed E-state index contributed by atoms with van der Waals surface area (Å²) < 4.78 is 40.2. The SMILES string of the molecule is CS(=O)(=O)N(C1CCC1)[C@@H]1CCCN(c2cccc(F)c2C#N)CC1. The Bertz CT molecular complexity index is 771. The van der Waals surface area contributed by atoms with E-state index >= 15 is 0 Å². The van der Waals surface area contributed by atoms with Crippen LogP contribution < -0.4 is 4.90 Å². The van der Waals surface area contributed by atoms with Gasteiger partial charge in [-0.15, -0.1) is 0 Å². The Morgan fingerprint density at radius 2 is 1.84 bits per heavy atom. The summed E-state index contributed by atoms with van der Waals surface area (Å²) in [7, 11) is -3.24. The summed E-state index contributed by atoms with van der Waals surface area (Å²) in [5, 5.41) is 9.26. The van der Waals surface area contributed by atoms with E-state index in [4.69, 9.17) is 0 Å². The lowest BCUT2D eigenvalue weighted by Gasteiger charge is -2.40. The first-order valence-electron chi connectivity index (χ1n) is 8.84. The van der Waals surface area contributed by atoms with Crippen LogP contribution in [0.25, 0.3) is 0 Å². The van der Waals surface area contributed by atoms with Gasteiger partial charge in [0, 0.05) is 25.2 Å². The molecule has 2 fully saturated rings. The Morgan fingerprint density at radius 3 is 2.44 bits per heavy atom. The summed E-state index contributed by atoms with van der Waals surface area (Å²) in [5.41, 5.74) is 0.678. The average Bonchev–Trinajstić information content (AvgIpc) is 2.75. The van der Waals surface area contributed by atoms with Gasteiger partial charge >= 0.3 is 0 Å². The van der Waals surface area contributed by atoms with Crippen LogP contribution in [0.2, 0.25) is 0 Å². The third-order valence-corrected chi connectivity index (χ3v) is 6.68. The molecule has 0 bridgehead atoms. The van der Waals surface area contributed by atoms with Gasteiger partial charge in [0.2, 0.25) is 10.0 Å². The minimum atomic E-state index is -3.24. The molecule has 0 radical (unpaired) electrons. The Labute approximate surface area is 149 Å². The van der Waals surface area contributed by atoms with Crippen LogP contribution in [-0.4, -0.2) is 44.2 Å². The van der Waals surface area contributed by atoms with Crippen LogP contribution in [0.15, 0.2) is 18.2 Å². The first-order chi connectivity index (χ1) is 11.9. The van der Waals surface area contributed by atoms with Gasteiger partial charge in [-0.2, -0.15) is 9.57 Å². The second kappa shape index (κ2) is 7.30. The molecule has 2 aliphatic rings. The summed E-state index contributed by atoms with van der Waals surface area (Å²) in [6.07, 6.45) is 6.59. The molecule has 0 unspecified atom stereocenters. The molecule has 1 aromatic carbocycles. The molecule has 1 saturated carbocycles. The smallest absolute Gasteiger partial charge is 0.211 e. The van der Waals surface area contributed by atoms with Crippen molar-refractivity contribution < 1.29 is 12.8 Å². The van der Waals surface area contributed by atoms with Crippen molar-refractivity contribution in [1.29, 1.82) is 5.26 Å². The molecule has 1 aliphatic carbocycles. The van der Waals surface area contributed by atoms with E-state index in [1.54, 1.807) is 16.4 Å². The van der Waals surface area contributed by atoms with Gasteiger partial charge in [-0.25, -0.2) is 12.8 Å². The lowest BCUT2D eigenvalue weighted by molar-refractivity contribution is 0.164. The number of nitriles is 1. The highest BCUT2D eigenvalue weighted by Gasteiger charge is 2.37. The standard InChI is InChI=1S/C18H24FN3O2S/c1-25(23,24)22(14-5-2-6-14)15-7-4-11-21(12-10-15)18-9-3-8-17(19)16(18)13-20/h3,8-9,14-15H,2,4-7,10-12H2,1H3/t15-/m1/s1. The number of halogens is 1. The molecule has 136 valence electrons.